The summed E-state index contributed by atoms with van der Waals surface area (Å²) in [6.45, 7) is 4.02. The molecule has 0 aliphatic carbocycles. The number of halogens is 1. The minimum atomic E-state index is -0.850. The second-order valence-corrected chi connectivity index (χ2v) is 4.99. The number of nitrogens with two attached hydrogens (primary N) is 1. The van der Waals surface area contributed by atoms with E-state index in [1.165, 1.54) is 6.92 Å². The van der Waals surface area contributed by atoms with Gasteiger partial charge in [-0.25, -0.2) is 4.79 Å². The van der Waals surface area contributed by atoms with Crippen molar-refractivity contribution in [3.63, 3.8) is 0 Å². The molecule has 0 saturated carbocycles. The zero-order valence-electron chi connectivity index (χ0n) is 10.9. The maximum atomic E-state index is 11.9. The summed E-state index contributed by atoms with van der Waals surface area (Å²) in [5.74, 6) is -0.929. The Kier molecular flexibility index (Phi) is 5.82. The predicted octanol–water partition coefficient (Wildman–Crippen LogP) is 2.10. The minimum Gasteiger partial charge on any atom is -0.449 e. The van der Waals surface area contributed by atoms with Crippen molar-refractivity contribution in [2.45, 2.75) is 26.4 Å². The highest BCUT2D eigenvalue weighted by atomic mass is 79.9. The van der Waals surface area contributed by atoms with Crippen LogP contribution in [0.1, 0.15) is 30.6 Å². The number of ether oxygens (including phenoxy) is 1. The third kappa shape index (κ3) is 4.55. The van der Waals surface area contributed by atoms with Crippen molar-refractivity contribution in [1.82, 2.24) is 5.32 Å². The predicted molar refractivity (Wildman–Crippen MR) is 76.7 cm³/mol. The number of nitrogen functional groups attached to an aromatic ring is 1. The van der Waals surface area contributed by atoms with Crippen LogP contribution < -0.4 is 11.1 Å². The Morgan fingerprint density at radius 2 is 2.16 bits per heavy atom. The molecule has 0 bridgehead atoms. The number of hydrogen-bond donors (Lipinski definition) is 2. The lowest BCUT2D eigenvalue weighted by Crippen LogP contribution is -2.36. The first kappa shape index (κ1) is 15.5. The lowest BCUT2D eigenvalue weighted by molar-refractivity contribution is -0.129. The van der Waals surface area contributed by atoms with Crippen LogP contribution in [0.2, 0.25) is 0 Å². The van der Waals surface area contributed by atoms with Gasteiger partial charge in [-0.3, -0.25) is 4.79 Å². The average Bonchev–Trinajstić information content (AvgIpc) is 2.38. The molecule has 1 amide bonds. The van der Waals surface area contributed by atoms with Crippen molar-refractivity contribution in [2.75, 3.05) is 12.3 Å². The Labute approximate surface area is 120 Å². The number of rotatable bonds is 5. The summed E-state index contributed by atoms with van der Waals surface area (Å²) in [7, 11) is 0. The van der Waals surface area contributed by atoms with Crippen LogP contribution in [0.25, 0.3) is 0 Å². The summed E-state index contributed by atoms with van der Waals surface area (Å²) in [6.07, 6.45) is -0.0252. The van der Waals surface area contributed by atoms with Crippen molar-refractivity contribution in [3.8, 4) is 0 Å². The van der Waals surface area contributed by atoms with Gasteiger partial charge in [0, 0.05) is 16.7 Å². The maximum Gasteiger partial charge on any atom is 0.341 e. The third-order valence-corrected chi connectivity index (χ3v) is 2.93. The number of esters is 1. The van der Waals surface area contributed by atoms with Gasteiger partial charge in [0.1, 0.15) is 0 Å². The Balaban J connectivity index is 2.68. The molecule has 1 aromatic carbocycles. The molecule has 3 N–H and O–H groups in total. The molecule has 0 spiro atoms. The van der Waals surface area contributed by atoms with E-state index in [4.69, 9.17) is 10.5 Å². The molecule has 19 heavy (non-hydrogen) atoms. The fraction of sp³-hybridized carbons (Fsp3) is 0.385. The van der Waals surface area contributed by atoms with Crippen molar-refractivity contribution in [1.29, 1.82) is 0 Å². The summed E-state index contributed by atoms with van der Waals surface area (Å²) in [5, 5.41) is 2.66. The molecule has 1 aromatic rings. The van der Waals surface area contributed by atoms with E-state index in [2.05, 4.69) is 21.2 Å². The number of anilines is 1. The monoisotopic (exact) mass is 328 g/mol. The number of carbonyl (C=O) groups is 2. The van der Waals surface area contributed by atoms with Crippen LogP contribution in [0.3, 0.4) is 0 Å². The largest absolute Gasteiger partial charge is 0.449 e. The summed E-state index contributed by atoms with van der Waals surface area (Å²) in [5.41, 5.74) is 6.25. The first-order valence-corrected chi connectivity index (χ1v) is 6.78. The van der Waals surface area contributed by atoms with Crippen molar-refractivity contribution in [2.24, 2.45) is 0 Å². The highest BCUT2D eigenvalue weighted by molar-refractivity contribution is 9.10. The third-order valence-electron chi connectivity index (χ3n) is 2.44. The van der Waals surface area contributed by atoms with E-state index in [9.17, 15) is 9.59 Å². The van der Waals surface area contributed by atoms with E-state index in [0.29, 0.717) is 12.2 Å². The van der Waals surface area contributed by atoms with E-state index in [-0.39, 0.29) is 11.5 Å². The Morgan fingerprint density at radius 3 is 2.79 bits per heavy atom. The van der Waals surface area contributed by atoms with Gasteiger partial charge in [0.2, 0.25) is 0 Å². The Morgan fingerprint density at radius 1 is 1.47 bits per heavy atom. The van der Waals surface area contributed by atoms with Crippen LogP contribution in [-0.4, -0.2) is 24.5 Å². The SMILES string of the molecule is CCCNC(=O)[C@H](C)OC(=O)c1cc(Br)ccc1N. The maximum absolute atomic E-state index is 11.9. The number of hydrogen-bond acceptors (Lipinski definition) is 4. The summed E-state index contributed by atoms with van der Waals surface area (Å²) < 4.78 is 5.80. The molecular formula is C13H17BrN2O3. The second-order valence-electron chi connectivity index (χ2n) is 4.07. The zero-order chi connectivity index (χ0) is 14.4. The van der Waals surface area contributed by atoms with Gasteiger partial charge < -0.3 is 15.8 Å². The molecule has 1 rings (SSSR count). The van der Waals surface area contributed by atoms with E-state index < -0.39 is 12.1 Å². The van der Waals surface area contributed by atoms with Gasteiger partial charge in [-0.15, -0.1) is 0 Å². The van der Waals surface area contributed by atoms with E-state index in [0.717, 1.165) is 10.9 Å². The minimum absolute atomic E-state index is 0.240. The fourth-order valence-corrected chi connectivity index (χ4v) is 1.74. The molecular weight excluding hydrogens is 312 g/mol. The lowest BCUT2D eigenvalue weighted by Gasteiger charge is -2.14. The van der Waals surface area contributed by atoms with Crippen LogP contribution in [0, 0.1) is 0 Å². The van der Waals surface area contributed by atoms with Crippen LogP contribution in [0.15, 0.2) is 22.7 Å². The molecule has 0 radical (unpaired) electrons. The number of carbonyl (C=O) groups excluding carboxylic acids is 2. The van der Waals surface area contributed by atoms with Gasteiger partial charge in [-0.05, 0) is 31.5 Å². The molecule has 0 fully saturated rings. The van der Waals surface area contributed by atoms with Crippen LogP contribution >= 0.6 is 15.9 Å². The quantitative estimate of drug-likeness (QED) is 0.640. The topological polar surface area (TPSA) is 81.4 Å². The van der Waals surface area contributed by atoms with Crippen molar-refractivity contribution < 1.29 is 14.3 Å². The van der Waals surface area contributed by atoms with Gasteiger partial charge in [0.05, 0.1) is 5.56 Å². The van der Waals surface area contributed by atoms with Crippen molar-refractivity contribution >= 4 is 33.5 Å². The molecule has 6 heteroatoms. The standard InChI is InChI=1S/C13H17BrN2O3/c1-3-6-16-12(17)8(2)19-13(18)10-7-9(14)4-5-11(10)15/h4-5,7-8H,3,6,15H2,1-2H3,(H,16,17)/t8-/m0/s1. The molecule has 5 nitrogen and oxygen atoms in total. The zero-order valence-corrected chi connectivity index (χ0v) is 12.5. The molecule has 0 aromatic heterocycles. The van der Waals surface area contributed by atoms with Crippen LogP contribution in [-0.2, 0) is 9.53 Å². The highest BCUT2D eigenvalue weighted by Gasteiger charge is 2.20. The van der Waals surface area contributed by atoms with E-state index in [1.807, 2.05) is 6.92 Å². The van der Waals surface area contributed by atoms with Gasteiger partial charge in [-0.1, -0.05) is 22.9 Å². The normalized spacial score (nSPS) is 11.7. The van der Waals surface area contributed by atoms with Gasteiger partial charge in [-0.2, -0.15) is 0 Å². The average molecular weight is 329 g/mol. The molecule has 0 unspecified atom stereocenters. The van der Waals surface area contributed by atoms with Gasteiger partial charge in [0.25, 0.3) is 5.91 Å². The second kappa shape index (κ2) is 7.13. The molecule has 0 aliphatic rings. The highest BCUT2D eigenvalue weighted by Crippen LogP contribution is 2.19. The smallest absolute Gasteiger partial charge is 0.341 e. The molecule has 104 valence electrons. The van der Waals surface area contributed by atoms with Crippen LogP contribution in [0.5, 0.6) is 0 Å². The van der Waals surface area contributed by atoms with Crippen LogP contribution in [0.4, 0.5) is 5.69 Å². The Hall–Kier alpha value is -1.56. The fourth-order valence-electron chi connectivity index (χ4n) is 1.37. The van der Waals surface area contributed by atoms with E-state index in [1.54, 1.807) is 18.2 Å². The lowest BCUT2D eigenvalue weighted by atomic mass is 10.2. The molecule has 0 saturated heterocycles. The first-order valence-electron chi connectivity index (χ1n) is 5.99. The van der Waals surface area contributed by atoms with Gasteiger partial charge in [0.15, 0.2) is 6.10 Å². The van der Waals surface area contributed by atoms with E-state index >= 15 is 0 Å². The molecule has 0 heterocycles. The van der Waals surface area contributed by atoms with Crippen molar-refractivity contribution in [3.05, 3.63) is 28.2 Å². The number of benzene rings is 1. The number of amides is 1. The molecule has 0 aliphatic heterocycles. The summed E-state index contributed by atoms with van der Waals surface area (Å²) in [6, 6.07) is 4.89. The first-order chi connectivity index (χ1) is 8.95. The molecule has 1 atom stereocenters. The number of nitrogens with one attached hydrogen (secondary N) is 1. The Bertz CT molecular complexity index is 477. The van der Waals surface area contributed by atoms with Gasteiger partial charge >= 0.3 is 5.97 Å². The summed E-state index contributed by atoms with van der Waals surface area (Å²) >= 11 is 3.25. The summed E-state index contributed by atoms with van der Waals surface area (Å²) in [4.78, 5) is 23.5.